The second-order valence-electron chi connectivity index (χ2n) is 5.20. The Morgan fingerprint density at radius 2 is 2.04 bits per heavy atom. The Kier molecular flexibility index (Phi) is 4.99. The molecule has 1 saturated carbocycles. The Bertz CT molecular complexity index is 629. The lowest BCUT2D eigenvalue weighted by Crippen LogP contribution is -2.41. The van der Waals surface area contributed by atoms with Crippen molar-refractivity contribution in [1.29, 1.82) is 0 Å². The predicted octanol–water partition coefficient (Wildman–Crippen LogP) is 0.253. The zero-order valence-electron chi connectivity index (χ0n) is 12.2. The molecule has 1 aliphatic carbocycles. The molecule has 1 aromatic heterocycles. The minimum absolute atomic E-state index is 0.0450. The number of carbonyl (C=O) groups excluding carboxylic acids is 1. The maximum Gasteiger partial charge on any atom is 0.326 e. The average Bonchev–Trinajstić information content (AvgIpc) is 3.29. The summed E-state index contributed by atoms with van der Waals surface area (Å²) < 4.78 is 5.47. The number of nitrogens with zero attached hydrogens (tertiary/aromatic N) is 1. The van der Waals surface area contributed by atoms with E-state index in [9.17, 15) is 14.4 Å². The van der Waals surface area contributed by atoms with Crippen molar-refractivity contribution >= 4 is 23.5 Å². The first kappa shape index (κ1) is 16.5. The van der Waals surface area contributed by atoms with Crippen molar-refractivity contribution in [3.05, 3.63) is 17.8 Å². The standard InChI is InChI=1S/C14H17N3O6/c15-8-3-4-9(17-13(8)23-7-1-2-7)12(20)16-10(14(21)22)5-6-11(18)19/h3-4,7,10H,1-2,5-6,15H2,(H,16,20)(H,18,19)(H,21,22). The monoisotopic (exact) mass is 323 g/mol. The quantitative estimate of drug-likeness (QED) is 0.531. The summed E-state index contributed by atoms with van der Waals surface area (Å²) >= 11 is 0. The summed E-state index contributed by atoms with van der Waals surface area (Å²) in [5.74, 6) is -3.05. The van der Waals surface area contributed by atoms with Crippen molar-refractivity contribution in [3.63, 3.8) is 0 Å². The molecule has 1 fully saturated rings. The van der Waals surface area contributed by atoms with Crippen LogP contribution >= 0.6 is 0 Å². The number of hydrogen-bond donors (Lipinski definition) is 4. The predicted molar refractivity (Wildman–Crippen MR) is 78.1 cm³/mol. The summed E-state index contributed by atoms with van der Waals surface area (Å²) in [5.41, 5.74) is 5.96. The number of aliphatic carboxylic acids is 2. The number of anilines is 1. The van der Waals surface area contributed by atoms with Gasteiger partial charge in [0.1, 0.15) is 17.8 Å². The van der Waals surface area contributed by atoms with Gasteiger partial charge < -0.3 is 26.0 Å². The van der Waals surface area contributed by atoms with Crippen LogP contribution in [0, 0.1) is 0 Å². The van der Waals surface area contributed by atoms with Gasteiger partial charge in [-0.2, -0.15) is 0 Å². The third-order valence-corrected chi connectivity index (χ3v) is 3.18. The molecule has 0 spiro atoms. The highest BCUT2D eigenvalue weighted by molar-refractivity contribution is 5.95. The highest BCUT2D eigenvalue weighted by atomic mass is 16.5. The number of nitrogens with one attached hydrogen (secondary N) is 1. The Morgan fingerprint density at radius 1 is 1.35 bits per heavy atom. The van der Waals surface area contributed by atoms with Crippen LogP contribution in [0.25, 0.3) is 0 Å². The molecule has 9 heteroatoms. The van der Waals surface area contributed by atoms with Crippen LogP contribution in [0.1, 0.15) is 36.2 Å². The lowest BCUT2D eigenvalue weighted by atomic mass is 10.1. The molecule has 5 N–H and O–H groups in total. The molecule has 2 rings (SSSR count). The average molecular weight is 323 g/mol. The second-order valence-corrected chi connectivity index (χ2v) is 5.20. The van der Waals surface area contributed by atoms with Crippen LogP contribution in [-0.2, 0) is 9.59 Å². The Morgan fingerprint density at radius 3 is 2.61 bits per heavy atom. The van der Waals surface area contributed by atoms with Crippen LogP contribution < -0.4 is 15.8 Å². The molecule has 23 heavy (non-hydrogen) atoms. The number of nitrogen functional groups attached to an aromatic ring is 1. The molecular formula is C14H17N3O6. The number of carboxylic acids is 2. The van der Waals surface area contributed by atoms with Crippen molar-refractivity contribution in [2.75, 3.05) is 5.73 Å². The van der Waals surface area contributed by atoms with Gasteiger partial charge in [-0.05, 0) is 31.4 Å². The lowest BCUT2D eigenvalue weighted by molar-refractivity contribution is -0.140. The normalized spacial score (nSPS) is 14.8. The summed E-state index contributed by atoms with van der Waals surface area (Å²) in [6, 6.07) is 1.48. The van der Waals surface area contributed by atoms with Crippen LogP contribution in [0.4, 0.5) is 5.69 Å². The fourth-order valence-corrected chi connectivity index (χ4v) is 1.77. The molecule has 1 atom stereocenters. The minimum Gasteiger partial charge on any atom is -0.481 e. The minimum atomic E-state index is -1.32. The highest BCUT2D eigenvalue weighted by Crippen LogP contribution is 2.29. The molecule has 1 unspecified atom stereocenters. The molecule has 0 aromatic carbocycles. The number of aromatic nitrogens is 1. The largest absolute Gasteiger partial charge is 0.481 e. The fourth-order valence-electron chi connectivity index (χ4n) is 1.77. The highest BCUT2D eigenvalue weighted by Gasteiger charge is 2.26. The van der Waals surface area contributed by atoms with Crippen LogP contribution in [0.5, 0.6) is 5.88 Å². The van der Waals surface area contributed by atoms with E-state index in [1.165, 1.54) is 12.1 Å². The maximum absolute atomic E-state index is 12.1. The van der Waals surface area contributed by atoms with Crippen LogP contribution in [0.2, 0.25) is 0 Å². The smallest absolute Gasteiger partial charge is 0.326 e. The van der Waals surface area contributed by atoms with E-state index in [4.69, 9.17) is 20.7 Å². The Hall–Kier alpha value is -2.84. The first-order chi connectivity index (χ1) is 10.9. The van der Waals surface area contributed by atoms with Crippen LogP contribution in [0.15, 0.2) is 12.1 Å². The molecule has 124 valence electrons. The van der Waals surface area contributed by atoms with Gasteiger partial charge in [-0.25, -0.2) is 9.78 Å². The van der Waals surface area contributed by atoms with Crippen molar-refractivity contribution in [1.82, 2.24) is 10.3 Å². The van der Waals surface area contributed by atoms with Gasteiger partial charge in [-0.15, -0.1) is 0 Å². The molecule has 1 amide bonds. The second kappa shape index (κ2) is 6.95. The number of hydrogen-bond acceptors (Lipinski definition) is 6. The SMILES string of the molecule is Nc1ccc(C(=O)NC(CCC(=O)O)C(=O)O)nc1OC1CC1. The van der Waals surface area contributed by atoms with Gasteiger partial charge in [0.25, 0.3) is 5.91 Å². The van der Waals surface area contributed by atoms with Gasteiger partial charge in [0, 0.05) is 6.42 Å². The van der Waals surface area contributed by atoms with E-state index < -0.39 is 23.9 Å². The van der Waals surface area contributed by atoms with Gasteiger partial charge in [0.15, 0.2) is 0 Å². The third kappa shape index (κ3) is 4.83. The first-order valence-corrected chi connectivity index (χ1v) is 7.05. The fraction of sp³-hybridized carbons (Fsp3) is 0.429. The number of rotatable bonds is 8. The van der Waals surface area contributed by atoms with E-state index in [0.29, 0.717) is 0 Å². The van der Waals surface area contributed by atoms with Crippen LogP contribution in [-0.4, -0.2) is 45.2 Å². The molecule has 0 radical (unpaired) electrons. The van der Waals surface area contributed by atoms with Crippen molar-refractivity contribution < 1.29 is 29.3 Å². The molecule has 0 bridgehead atoms. The lowest BCUT2D eigenvalue weighted by Gasteiger charge is -2.14. The topological polar surface area (TPSA) is 152 Å². The summed E-state index contributed by atoms with van der Waals surface area (Å²) in [6.07, 6.45) is 1.24. The molecule has 0 aliphatic heterocycles. The van der Waals surface area contributed by atoms with Crippen molar-refractivity contribution in [2.24, 2.45) is 0 Å². The maximum atomic E-state index is 12.1. The van der Waals surface area contributed by atoms with Gasteiger partial charge in [0.05, 0.1) is 5.69 Å². The molecule has 1 aliphatic rings. The van der Waals surface area contributed by atoms with E-state index >= 15 is 0 Å². The summed E-state index contributed by atoms with van der Waals surface area (Å²) in [7, 11) is 0. The van der Waals surface area contributed by atoms with Gasteiger partial charge in [0.2, 0.25) is 5.88 Å². The van der Waals surface area contributed by atoms with E-state index in [2.05, 4.69) is 10.3 Å². The first-order valence-electron chi connectivity index (χ1n) is 7.05. The van der Waals surface area contributed by atoms with E-state index in [0.717, 1.165) is 12.8 Å². The summed E-state index contributed by atoms with van der Waals surface area (Å²) in [5, 5.41) is 19.9. The van der Waals surface area contributed by atoms with Crippen LogP contribution in [0.3, 0.4) is 0 Å². The number of pyridine rings is 1. The molecule has 1 heterocycles. The zero-order valence-corrected chi connectivity index (χ0v) is 12.2. The van der Waals surface area contributed by atoms with Crippen molar-refractivity contribution in [2.45, 2.75) is 37.8 Å². The summed E-state index contributed by atoms with van der Waals surface area (Å²) in [6.45, 7) is 0. The summed E-state index contributed by atoms with van der Waals surface area (Å²) in [4.78, 5) is 37.7. The molecule has 1 aromatic rings. The molecule has 9 nitrogen and oxygen atoms in total. The Balaban J connectivity index is 2.05. The van der Waals surface area contributed by atoms with E-state index in [1.807, 2.05) is 0 Å². The number of carboxylic acid groups (broad SMARTS) is 2. The number of amides is 1. The number of ether oxygens (including phenoxy) is 1. The van der Waals surface area contributed by atoms with E-state index in [1.54, 1.807) is 0 Å². The molecular weight excluding hydrogens is 306 g/mol. The van der Waals surface area contributed by atoms with Gasteiger partial charge in [-0.1, -0.05) is 0 Å². The van der Waals surface area contributed by atoms with E-state index in [-0.39, 0.29) is 36.2 Å². The number of carbonyl (C=O) groups is 3. The number of nitrogens with two attached hydrogens (primary N) is 1. The Labute approximate surface area is 131 Å². The molecule has 0 saturated heterocycles. The third-order valence-electron chi connectivity index (χ3n) is 3.18. The van der Waals surface area contributed by atoms with Gasteiger partial charge in [-0.3, -0.25) is 9.59 Å². The zero-order chi connectivity index (χ0) is 17.0. The van der Waals surface area contributed by atoms with Gasteiger partial charge >= 0.3 is 11.9 Å². The van der Waals surface area contributed by atoms with Crippen molar-refractivity contribution in [3.8, 4) is 5.88 Å².